The molecule has 1 aliphatic carbocycles. The van der Waals surface area contributed by atoms with E-state index < -0.39 is 0 Å². The van der Waals surface area contributed by atoms with Gasteiger partial charge in [-0.15, -0.1) is 0 Å². The zero-order valence-corrected chi connectivity index (χ0v) is 13.3. The monoisotopic (exact) mass is 296 g/mol. The van der Waals surface area contributed by atoms with Crippen molar-refractivity contribution >= 4 is 11.9 Å². The van der Waals surface area contributed by atoms with E-state index >= 15 is 0 Å². The fourth-order valence-electron chi connectivity index (χ4n) is 3.31. The Morgan fingerprint density at radius 3 is 2.24 bits per heavy atom. The Balaban J connectivity index is 1.70. The molecule has 0 unspecified atom stereocenters. The lowest BCUT2D eigenvalue weighted by Gasteiger charge is -2.37. The highest BCUT2D eigenvalue weighted by Crippen LogP contribution is 2.29. The third-order valence-electron chi connectivity index (χ3n) is 4.91. The van der Waals surface area contributed by atoms with Gasteiger partial charge in [-0.05, 0) is 31.6 Å². The molecule has 5 heteroatoms. The first-order valence-electron chi connectivity index (χ1n) is 8.18. The van der Waals surface area contributed by atoms with E-state index in [-0.39, 0.29) is 11.9 Å². The first kappa shape index (κ1) is 16.3. The molecule has 1 saturated carbocycles. The molecule has 21 heavy (non-hydrogen) atoms. The van der Waals surface area contributed by atoms with Crippen LogP contribution in [0.25, 0.3) is 0 Å². The minimum absolute atomic E-state index is 0.162. The summed E-state index contributed by atoms with van der Waals surface area (Å²) >= 11 is 0. The number of methoxy groups -OCH3 is 1. The maximum absolute atomic E-state index is 12.5. The van der Waals surface area contributed by atoms with Gasteiger partial charge in [0.25, 0.3) is 0 Å². The summed E-state index contributed by atoms with van der Waals surface area (Å²) < 4.78 is 4.66. The topological polar surface area (TPSA) is 49.9 Å². The van der Waals surface area contributed by atoms with E-state index in [9.17, 15) is 9.59 Å². The van der Waals surface area contributed by atoms with Crippen molar-refractivity contribution in [2.24, 2.45) is 11.8 Å². The van der Waals surface area contributed by atoms with Crippen LogP contribution in [0.15, 0.2) is 0 Å². The second kappa shape index (κ2) is 7.78. The van der Waals surface area contributed by atoms with Gasteiger partial charge in [-0.25, -0.2) is 0 Å². The van der Waals surface area contributed by atoms with Crippen LogP contribution >= 0.6 is 0 Å². The number of nitrogens with zero attached hydrogens (tertiary/aromatic N) is 2. The third-order valence-corrected chi connectivity index (χ3v) is 4.91. The molecule has 1 saturated heterocycles. The van der Waals surface area contributed by atoms with E-state index in [1.54, 1.807) is 0 Å². The average molecular weight is 296 g/mol. The molecule has 0 aromatic carbocycles. The molecule has 0 spiro atoms. The molecule has 0 N–H and O–H groups in total. The van der Waals surface area contributed by atoms with Crippen molar-refractivity contribution in [1.82, 2.24) is 9.80 Å². The van der Waals surface area contributed by atoms with Gasteiger partial charge in [-0.3, -0.25) is 14.5 Å². The molecule has 0 bridgehead atoms. The van der Waals surface area contributed by atoms with Crippen LogP contribution in [-0.4, -0.2) is 61.5 Å². The van der Waals surface area contributed by atoms with Crippen molar-refractivity contribution < 1.29 is 14.3 Å². The predicted octanol–water partition coefficient (Wildman–Crippen LogP) is 1.52. The summed E-state index contributed by atoms with van der Waals surface area (Å²) in [6, 6.07) is 0. The Kier molecular flexibility index (Phi) is 6.03. The van der Waals surface area contributed by atoms with E-state index in [4.69, 9.17) is 0 Å². The van der Waals surface area contributed by atoms with Crippen molar-refractivity contribution in [3.05, 3.63) is 0 Å². The molecule has 0 aromatic rings. The van der Waals surface area contributed by atoms with Gasteiger partial charge in [0.15, 0.2) is 0 Å². The summed E-state index contributed by atoms with van der Waals surface area (Å²) in [5.74, 6) is 1.23. The van der Waals surface area contributed by atoms with Crippen LogP contribution in [0.2, 0.25) is 0 Å². The van der Waals surface area contributed by atoms with Crippen molar-refractivity contribution in [1.29, 1.82) is 0 Å². The molecule has 2 rings (SSSR count). The number of esters is 1. The second-order valence-corrected chi connectivity index (χ2v) is 6.45. The Hall–Kier alpha value is -1.10. The van der Waals surface area contributed by atoms with Crippen LogP contribution in [0, 0.1) is 11.8 Å². The smallest absolute Gasteiger partial charge is 0.306 e. The molecule has 0 aromatic heterocycles. The summed E-state index contributed by atoms with van der Waals surface area (Å²) in [7, 11) is 1.42. The van der Waals surface area contributed by atoms with Crippen LogP contribution in [0.4, 0.5) is 0 Å². The van der Waals surface area contributed by atoms with Crippen molar-refractivity contribution in [2.75, 3.05) is 39.8 Å². The second-order valence-electron chi connectivity index (χ2n) is 6.45. The molecule has 2 fully saturated rings. The average Bonchev–Trinajstić information content (AvgIpc) is 2.53. The lowest BCUT2D eigenvalue weighted by molar-refractivity contribution is -0.142. The Labute approximate surface area is 127 Å². The quantitative estimate of drug-likeness (QED) is 0.738. The van der Waals surface area contributed by atoms with E-state index in [2.05, 4.69) is 16.6 Å². The van der Waals surface area contributed by atoms with Gasteiger partial charge in [-0.2, -0.15) is 0 Å². The minimum Gasteiger partial charge on any atom is -0.469 e. The first-order valence-corrected chi connectivity index (χ1v) is 8.18. The number of hydrogen-bond acceptors (Lipinski definition) is 4. The van der Waals surface area contributed by atoms with Gasteiger partial charge in [0.1, 0.15) is 0 Å². The summed E-state index contributed by atoms with van der Waals surface area (Å²) in [4.78, 5) is 27.9. The molecular weight excluding hydrogens is 268 g/mol. The lowest BCUT2D eigenvalue weighted by Crippen LogP contribution is -2.50. The fourth-order valence-corrected chi connectivity index (χ4v) is 3.31. The lowest BCUT2D eigenvalue weighted by atomic mass is 9.82. The highest BCUT2D eigenvalue weighted by molar-refractivity contribution is 5.79. The van der Waals surface area contributed by atoms with Crippen LogP contribution in [0.5, 0.6) is 0 Å². The standard InChI is InChI=1S/C16H28N2O3/c1-13-3-5-14(6-4-13)16(20)18-11-9-17(10-12-18)8-7-15(19)21-2/h13-14H,3-12H2,1-2H3. The van der Waals surface area contributed by atoms with Crippen LogP contribution in [0.3, 0.4) is 0 Å². The Bertz CT molecular complexity index is 357. The molecule has 1 aliphatic heterocycles. The normalized spacial score (nSPS) is 27.4. The molecule has 120 valence electrons. The summed E-state index contributed by atoms with van der Waals surface area (Å²) in [6.07, 6.45) is 4.93. The molecule has 1 heterocycles. The van der Waals surface area contributed by atoms with Crippen LogP contribution in [0.1, 0.15) is 39.0 Å². The van der Waals surface area contributed by atoms with Crippen molar-refractivity contribution in [3.8, 4) is 0 Å². The number of hydrogen-bond donors (Lipinski definition) is 0. The number of rotatable bonds is 4. The van der Waals surface area contributed by atoms with Gasteiger partial charge >= 0.3 is 5.97 Å². The summed E-state index contributed by atoms with van der Waals surface area (Å²) in [5.41, 5.74) is 0. The third kappa shape index (κ3) is 4.70. The molecule has 1 amide bonds. The summed E-state index contributed by atoms with van der Waals surface area (Å²) in [5, 5.41) is 0. The zero-order chi connectivity index (χ0) is 15.2. The van der Waals surface area contributed by atoms with Gasteiger partial charge < -0.3 is 9.64 Å². The molecular formula is C16H28N2O3. The zero-order valence-electron chi connectivity index (χ0n) is 13.3. The van der Waals surface area contributed by atoms with E-state index in [0.717, 1.165) is 51.5 Å². The van der Waals surface area contributed by atoms with Crippen LogP contribution < -0.4 is 0 Å². The van der Waals surface area contributed by atoms with Gasteiger partial charge in [0.05, 0.1) is 13.5 Å². The number of carbonyl (C=O) groups is 2. The number of carbonyl (C=O) groups excluding carboxylic acids is 2. The highest BCUT2D eigenvalue weighted by atomic mass is 16.5. The van der Waals surface area contributed by atoms with E-state index in [1.165, 1.54) is 20.0 Å². The number of piperazine rings is 1. The SMILES string of the molecule is COC(=O)CCN1CCN(C(=O)C2CCC(C)CC2)CC1. The van der Waals surface area contributed by atoms with Gasteiger partial charge in [0, 0.05) is 38.6 Å². The van der Waals surface area contributed by atoms with Crippen molar-refractivity contribution in [3.63, 3.8) is 0 Å². The Morgan fingerprint density at radius 1 is 1.05 bits per heavy atom. The largest absolute Gasteiger partial charge is 0.469 e. The molecule has 0 atom stereocenters. The maximum atomic E-state index is 12.5. The Morgan fingerprint density at radius 2 is 1.67 bits per heavy atom. The highest BCUT2D eigenvalue weighted by Gasteiger charge is 2.29. The molecule has 0 radical (unpaired) electrons. The van der Waals surface area contributed by atoms with Gasteiger partial charge in [0.2, 0.25) is 5.91 Å². The minimum atomic E-state index is -0.162. The van der Waals surface area contributed by atoms with E-state index in [1.807, 2.05) is 4.90 Å². The van der Waals surface area contributed by atoms with Gasteiger partial charge in [-0.1, -0.05) is 6.92 Å². The number of amides is 1. The maximum Gasteiger partial charge on any atom is 0.306 e. The van der Waals surface area contributed by atoms with Crippen LogP contribution in [-0.2, 0) is 14.3 Å². The predicted molar refractivity (Wildman–Crippen MR) is 80.8 cm³/mol. The number of ether oxygens (including phenoxy) is 1. The molecule has 5 nitrogen and oxygen atoms in total. The fraction of sp³-hybridized carbons (Fsp3) is 0.875. The first-order chi connectivity index (χ1) is 10.1. The molecule has 2 aliphatic rings. The van der Waals surface area contributed by atoms with E-state index in [0.29, 0.717) is 12.3 Å². The van der Waals surface area contributed by atoms with Crippen molar-refractivity contribution in [2.45, 2.75) is 39.0 Å². The summed E-state index contributed by atoms with van der Waals surface area (Å²) in [6.45, 7) is 6.34.